The molecule has 0 aliphatic rings. The van der Waals surface area contributed by atoms with E-state index in [1.807, 2.05) is 25.1 Å². The van der Waals surface area contributed by atoms with E-state index < -0.39 is 5.91 Å². The predicted octanol–water partition coefficient (Wildman–Crippen LogP) is 5.76. The standard InChI is InChI=1S/C23H25Cl2N3O/c1-4-27(5-2)19-10-7-16(8-11-19)22-13-20(23(26)29)15(3)28(22)14-17-6-9-18(24)12-21(17)25/h6-13H,4-5,14H2,1-3H3,(H2,26,29). The lowest BCUT2D eigenvalue weighted by Gasteiger charge is -2.21. The molecule has 0 saturated heterocycles. The summed E-state index contributed by atoms with van der Waals surface area (Å²) in [4.78, 5) is 14.3. The van der Waals surface area contributed by atoms with Gasteiger partial charge >= 0.3 is 0 Å². The molecule has 0 saturated carbocycles. The lowest BCUT2D eigenvalue weighted by molar-refractivity contribution is 0.0999. The average Bonchev–Trinajstić information content (AvgIpc) is 3.02. The molecule has 3 rings (SSSR count). The fourth-order valence-electron chi connectivity index (χ4n) is 3.59. The van der Waals surface area contributed by atoms with E-state index in [9.17, 15) is 4.79 Å². The van der Waals surface area contributed by atoms with Crippen LogP contribution in [0, 0.1) is 6.92 Å². The Morgan fingerprint density at radius 1 is 1.03 bits per heavy atom. The molecule has 0 aliphatic heterocycles. The number of benzene rings is 2. The highest BCUT2D eigenvalue weighted by molar-refractivity contribution is 6.35. The number of aromatic nitrogens is 1. The molecule has 0 atom stereocenters. The molecule has 4 nitrogen and oxygen atoms in total. The lowest BCUT2D eigenvalue weighted by Crippen LogP contribution is -2.21. The third-order valence-electron chi connectivity index (χ3n) is 5.27. The van der Waals surface area contributed by atoms with Gasteiger partial charge in [0.1, 0.15) is 0 Å². The molecule has 6 heteroatoms. The van der Waals surface area contributed by atoms with Crippen molar-refractivity contribution in [1.82, 2.24) is 4.57 Å². The monoisotopic (exact) mass is 429 g/mol. The Kier molecular flexibility index (Phi) is 6.56. The first kappa shape index (κ1) is 21.3. The molecule has 0 fully saturated rings. The maximum Gasteiger partial charge on any atom is 0.250 e. The summed E-state index contributed by atoms with van der Waals surface area (Å²) in [6, 6.07) is 15.7. The zero-order valence-electron chi connectivity index (χ0n) is 16.9. The van der Waals surface area contributed by atoms with Gasteiger partial charge < -0.3 is 15.2 Å². The Labute approximate surface area is 181 Å². The second kappa shape index (κ2) is 8.93. The van der Waals surface area contributed by atoms with E-state index in [-0.39, 0.29) is 0 Å². The molecular weight excluding hydrogens is 405 g/mol. The van der Waals surface area contributed by atoms with Crippen LogP contribution in [0.1, 0.15) is 35.5 Å². The number of carbonyl (C=O) groups excluding carboxylic acids is 1. The highest BCUT2D eigenvalue weighted by Crippen LogP contribution is 2.30. The van der Waals surface area contributed by atoms with E-state index in [1.54, 1.807) is 6.07 Å². The van der Waals surface area contributed by atoms with Gasteiger partial charge in [0.2, 0.25) is 0 Å². The van der Waals surface area contributed by atoms with Gasteiger partial charge in [-0.25, -0.2) is 0 Å². The van der Waals surface area contributed by atoms with Crippen molar-refractivity contribution < 1.29 is 4.79 Å². The summed E-state index contributed by atoms with van der Waals surface area (Å²) in [5.41, 5.74) is 11.0. The quantitative estimate of drug-likeness (QED) is 0.518. The molecule has 0 aliphatic carbocycles. The molecule has 29 heavy (non-hydrogen) atoms. The van der Waals surface area contributed by atoms with Crippen molar-refractivity contribution in [3.63, 3.8) is 0 Å². The van der Waals surface area contributed by atoms with Crippen LogP contribution < -0.4 is 10.6 Å². The SMILES string of the molecule is CCN(CC)c1ccc(-c2cc(C(N)=O)c(C)n2Cc2ccc(Cl)cc2Cl)cc1. The van der Waals surface area contributed by atoms with Gasteiger partial charge in [-0.3, -0.25) is 4.79 Å². The number of halogens is 2. The van der Waals surface area contributed by atoms with E-state index in [0.29, 0.717) is 22.2 Å². The zero-order valence-corrected chi connectivity index (χ0v) is 18.4. The number of nitrogens with zero attached hydrogens (tertiary/aromatic N) is 2. The number of hydrogen-bond donors (Lipinski definition) is 1. The smallest absolute Gasteiger partial charge is 0.250 e. The summed E-state index contributed by atoms with van der Waals surface area (Å²) < 4.78 is 2.07. The van der Waals surface area contributed by atoms with Crippen LogP contribution in [0.3, 0.4) is 0 Å². The molecule has 1 amide bonds. The fourth-order valence-corrected chi connectivity index (χ4v) is 4.06. The van der Waals surface area contributed by atoms with Crippen LogP contribution in [0.4, 0.5) is 5.69 Å². The largest absolute Gasteiger partial charge is 0.372 e. The Bertz CT molecular complexity index is 1020. The summed E-state index contributed by atoms with van der Waals surface area (Å²) >= 11 is 12.4. The summed E-state index contributed by atoms with van der Waals surface area (Å²) in [7, 11) is 0. The van der Waals surface area contributed by atoms with E-state index in [4.69, 9.17) is 28.9 Å². The predicted molar refractivity (Wildman–Crippen MR) is 122 cm³/mol. The van der Waals surface area contributed by atoms with Crippen molar-refractivity contribution in [2.75, 3.05) is 18.0 Å². The van der Waals surface area contributed by atoms with E-state index in [2.05, 4.69) is 47.6 Å². The Morgan fingerprint density at radius 2 is 1.69 bits per heavy atom. The molecule has 1 aromatic heterocycles. The minimum atomic E-state index is -0.440. The van der Waals surface area contributed by atoms with Crippen molar-refractivity contribution >= 4 is 34.8 Å². The number of nitrogens with two attached hydrogens (primary N) is 1. The summed E-state index contributed by atoms with van der Waals surface area (Å²) in [5.74, 6) is -0.440. The molecule has 0 spiro atoms. The van der Waals surface area contributed by atoms with E-state index in [0.717, 1.165) is 35.6 Å². The first-order valence-corrected chi connectivity index (χ1v) is 10.4. The van der Waals surface area contributed by atoms with Crippen LogP contribution in [0.2, 0.25) is 10.0 Å². The molecule has 2 N–H and O–H groups in total. The van der Waals surface area contributed by atoms with Crippen molar-refractivity contribution in [1.29, 1.82) is 0 Å². The van der Waals surface area contributed by atoms with Crippen LogP contribution in [-0.2, 0) is 6.54 Å². The van der Waals surface area contributed by atoms with Crippen LogP contribution in [0.25, 0.3) is 11.3 Å². The van der Waals surface area contributed by atoms with Gasteiger partial charge in [0.25, 0.3) is 5.91 Å². The van der Waals surface area contributed by atoms with Crippen LogP contribution in [0.15, 0.2) is 48.5 Å². The third-order valence-corrected chi connectivity index (χ3v) is 5.85. The van der Waals surface area contributed by atoms with Crippen molar-refractivity contribution in [3.8, 4) is 11.3 Å². The number of hydrogen-bond acceptors (Lipinski definition) is 2. The van der Waals surface area contributed by atoms with E-state index >= 15 is 0 Å². The molecule has 0 unspecified atom stereocenters. The van der Waals surface area contributed by atoms with Gasteiger partial charge in [0, 0.05) is 46.8 Å². The highest BCUT2D eigenvalue weighted by Gasteiger charge is 2.18. The molecular formula is C23H25Cl2N3O. The van der Waals surface area contributed by atoms with Gasteiger partial charge in [-0.15, -0.1) is 0 Å². The summed E-state index contributed by atoms with van der Waals surface area (Å²) in [5, 5.41) is 1.18. The minimum Gasteiger partial charge on any atom is -0.372 e. The second-order valence-electron chi connectivity index (χ2n) is 6.93. The Balaban J connectivity index is 2.06. The van der Waals surface area contributed by atoms with Crippen LogP contribution in [0.5, 0.6) is 0 Å². The van der Waals surface area contributed by atoms with Crippen molar-refractivity contribution in [3.05, 3.63) is 75.4 Å². The van der Waals surface area contributed by atoms with E-state index in [1.165, 1.54) is 5.69 Å². The fraction of sp³-hybridized carbons (Fsp3) is 0.261. The molecule has 1 heterocycles. The molecule has 2 aromatic carbocycles. The third kappa shape index (κ3) is 4.44. The number of rotatable bonds is 7. The molecule has 0 radical (unpaired) electrons. The molecule has 0 bridgehead atoms. The maximum atomic E-state index is 12.0. The summed E-state index contributed by atoms with van der Waals surface area (Å²) in [6.45, 7) is 8.60. The zero-order chi connectivity index (χ0) is 21.1. The van der Waals surface area contributed by atoms with Gasteiger partial charge in [-0.1, -0.05) is 41.4 Å². The highest BCUT2D eigenvalue weighted by atomic mass is 35.5. The topological polar surface area (TPSA) is 51.3 Å². The van der Waals surface area contributed by atoms with Gasteiger partial charge in [0.15, 0.2) is 0 Å². The van der Waals surface area contributed by atoms with Gasteiger partial charge in [-0.05, 0) is 62.2 Å². The van der Waals surface area contributed by atoms with Crippen molar-refractivity contribution in [2.45, 2.75) is 27.3 Å². The summed E-state index contributed by atoms with van der Waals surface area (Å²) in [6.07, 6.45) is 0. The van der Waals surface area contributed by atoms with Gasteiger partial charge in [-0.2, -0.15) is 0 Å². The molecule has 3 aromatic rings. The minimum absolute atomic E-state index is 0.440. The Morgan fingerprint density at radius 3 is 2.24 bits per heavy atom. The maximum absolute atomic E-state index is 12.0. The number of anilines is 1. The Hall–Kier alpha value is -2.43. The van der Waals surface area contributed by atoms with Gasteiger partial charge in [0.05, 0.1) is 5.56 Å². The number of amides is 1. The number of carbonyl (C=O) groups is 1. The van der Waals surface area contributed by atoms with Crippen LogP contribution >= 0.6 is 23.2 Å². The molecule has 152 valence electrons. The average molecular weight is 430 g/mol. The normalized spacial score (nSPS) is 10.9. The first-order valence-electron chi connectivity index (χ1n) is 9.64. The number of primary amides is 1. The van der Waals surface area contributed by atoms with Crippen LogP contribution in [-0.4, -0.2) is 23.6 Å². The second-order valence-corrected chi connectivity index (χ2v) is 7.78. The van der Waals surface area contributed by atoms with Crippen molar-refractivity contribution in [2.24, 2.45) is 5.73 Å². The lowest BCUT2D eigenvalue weighted by atomic mass is 10.1. The first-order chi connectivity index (χ1) is 13.8.